The Morgan fingerprint density at radius 3 is 2.52 bits per heavy atom. The van der Waals surface area contributed by atoms with Gasteiger partial charge in [-0.25, -0.2) is 5.43 Å². The zero-order chi connectivity index (χ0) is 15.1. The van der Waals surface area contributed by atoms with Crippen LogP contribution in [0.5, 0.6) is 5.75 Å². The minimum atomic E-state index is -0.166. The summed E-state index contributed by atoms with van der Waals surface area (Å²) in [5.41, 5.74) is 4.37. The van der Waals surface area contributed by atoms with Crippen LogP contribution < -0.4 is 10.2 Å². The lowest BCUT2D eigenvalue weighted by Crippen LogP contribution is -2.22. The van der Waals surface area contributed by atoms with Crippen LogP contribution in [0, 0.1) is 5.92 Å². The molecule has 1 aromatic rings. The average Bonchev–Trinajstić information content (AvgIpc) is 2.54. The number of hydrazone groups is 1. The van der Waals surface area contributed by atoms with E-state index in [0.717, 1.165) is 30.2 Å². The highest BCUT2D eigenvalue weighted by molar-refractivity contribution is 5.95. The predicted molar refractivity (Wildman–Crippen MR) is 84.8 cm³/mol. The van der Waals surface area contributed by atoms with E-state index < -0.39 is 0 Å². The summed E-state index contributed by atoms with van der Waals surface area (Å²) in [5, 5.41) is 4.28. The van der Waals surface area contributed by atoms with Gasteiger partial charge in [0.15, 0.2) is 0 Å². The molecule has 0 unspecified atom stereocenters. The molecular formula is C17H24N2O2. The lowest BCUT2D eigenvalue weighted by molar-refractivity contribution is 0.0954. The van der Waals surface area contributed by atoms with E-state index in [0.29, 0.717) is 5.56 Å². The Kier molecular flexibility index (Phi) is 5.78. The summed E-state index contributed by atoms with van der Waals surface area (Å²) < 4.78 is 5.07. The summed E-state index contributed by atoms with van der Waals surface area (Å²) in [4.78, 5) is 12.0. The molecule has 21 heavy (non-hydrogen) atoms. The third kappa shape index (κ3) is 4.59. The maximum Gasteiger partial charge on any atom is 0.271 e. The van der Waals surface area contributed by atoms with Gasteiger partial charge in [-0.1, -0.05) is 19.8 Å². The zero-order valence-corrected chi connectivity index (χ0v) is 12.9. The molecule has 2 rings (SSSR count). The number of hydrogen-bond donors (Lipinski definition) is 1. The van der Waals surface area contributed by atoms with Gasteiger partial charge >= 0.3 is 0 Å². The topological polar surface area (TPSA) is 50.7 Å². The van der Waals surface area contributed by atoms with Crippen molar-refractivity contribution in [2.45, 2.75) is 45.4 Å². The van der Waals surface area contributed by atoms with Crippen molar-refractivity contribution >= 4 is 11.6 Å². The number of ether oxygens (including phenoxy) is 1. The Balaban J connectivity index is 1.84. The molecule has 1 aliphatic carbocycles. The van der Waals surface area contributed by atoms with Crippen molar-refractivity contribution in [3.05, 3.63) is 29.8 Å². The minimum absolute atomic E-state index is 0.166. The van der Waals surface area contributed by atoms with Crippen LogP contribution >= 0.6 is 0 Å². The maximum atomic E-state index is 12.0. The van der Waals surface area contributed by atoms with Gasteiger partial charge in [0.2, 0.25) is 0 Å². The van der Waals surface area contributed by atoms with Crippen LogP contribution in [0.15, 0.2) is 29.4 Å². The molecule has 0 radical (unpaired) electrons. The summed E-state index contributed by atoms with van der Waals surface area (Å²) in [6.07, 6.45) is 6.98. The number of rotatable bonds is 5. The van der Waals surface area contributed by atoms with Crippen molar-refractivity contribution in [2.24, 2.45) is 11.0 Å². The number of nitrogens with zero attached hydrogens (tertiary/aromatic N) is 1. The lowest BCUT2D eigenvalue weighted by atomic mass is 9.85. The highest BCUT2D eigenvalue weighted by Crippen LogP contribution is 2.25. The number of carbonyl (C=O) groups excluding carboxylic acids is 1. The van der Waals surface area contributed by atoms with E-state index in [-0.39, 0.29) is 5.91 Å². The van der Waals surface area contributed by atoms with Crippen LogP contribution in [-0.2, 0) is 0 Å². The second-order valence-corrected chi connectivity index (χ2v) is 5.58. The molecule has 4 nitrogen and oxygen atoms in total. The zero-order valence-electron chi connectivity index (χ0n) is 12.9. The number of amides is 1. The van der Waals surface area contributed by atoms with Gasteiger partial charge in [-0.3, -0.25) is 4.79 Å². The third-order valence-corrected chi connectivity index (χ3v) is 4.05. The van der Waals surface area contributed by atoms with Crippen LogP contribution in [0.3, 0.4) is 0 Å². The summed E-state index contributed by atoms with van der Waals surface area (Å²) in [6.45, 7) is 2.23. The first-order valence-corrected chi connectivity index (χ1v) is 7.72. The molecule has 0 atom stereocenters. The van der Waals surface area contributed by atoms with E-state index in [1.54, 1.807) is 31.4 Å². The first-order valence-electron chi connectivity index (χ1n) is 7.72. The number of methoxy groups -OCH3 is 1. The molecule has 1 aliphatic rings. The molecule has 0 aliphatic heterocycles. The Morgan fingerprint density at radius 2 is 1.95 bits per heavy atom. The fraction of sp³-hybridized carbons (Fsp3) is 0.529. The van der Waals surface area contributed by atoms with Crippen molar-refractivity contribution in [3.8, 4) is 5.75 Å². The number of benzene rings is 1. The van der Waals surface area contributed by atoms with E-state index in [9.17, 15) is 4.79 Å². The molecule has 1 fully saturated rings. The van der Waals surface area contributed by atoms with Crippen molar-refractivity contribution < 1.29 is 9.53 Å². The predicted octanol–water partition coefficient (Wildman–Crippen LogP) is 3.77. The van der Waals surface area contributed by atoms with E-state index in [2.05, 4.69) is 17.5 Å². The summed E-state index contributed by atoms with van der Waals surface area (Å²) >= 11 is 0. The number of hydrogen-bond acceptors (Lipinski definition) is 3. The summed E-state index contributed by atoms with van der Waals surface area (Å²) in [7, 11) is 1.61. The monoisotopic (exact) mass is 288 g/mol. The van der Waals surface area contributed by atoms with Gasteiger partial charge in [-0.2, -0.15) is 5.10 Å². The molecule has 1 aromatic carbocycles. The Bertz CT molecular complexity index is 484. The first-order chi connectivity index (χ1) is 10.2. The molecule has 1 N–H and O–H groups in total. The van der Waals surface area contributed by atoms with Crippen LogP contribution in [0.25, 0.3) is 0 Å². The highest BCUT2D eigenvalue weighted by Gasteiger charge is 2.17. The minimum Gasteiger partial charge on any atom is -0.497 e. The molecule has 114 valence electrons. The van der Waals surface area contributed by atoms with Gasteiger partial charge in [0.1, 0.15) is 5.75 Å². The van der Waals surface area contributed by atoms with Gasteiger partial charge < -0.3 is 4.74 Å². The van der Waals surface area contributed by atoms with Crippen molar-refractivity contribution in [1.29, 1.82) is 0 Å². The first kappa shape index (κ1) is 15.5. The van der Waals surface area contributed by atoms with Crippen molar-refractivity contribution in [3.63, 3.8) is 0 Å². The largest absolute Gasteiger partial charge is 0.497 e. The Hall–Kier alpha value is -1.84. The van der Waals surface area contributed by atoms with E-state index in [1.165, 1.54) is 25.7 Å². The normalized spacial score (nSPS) is 18.2. The van der Waals surface area contributed by atoms with E-state index in [1.807, 2.05) is 0 Å². The Labute approximate surface area is 126 Å². The van der Waals surface area contributed by atoms with Crippen molar-refractivity contribution in [2.75, 3.05) is 7.11 Å². The molecule has 0 saturated heterocycles. The molecule has 0 heterocycles. The van der Waals surface area contributed by atoms with Gasteiger partial charge in [0, 0.05) is 11.3 Å². The second-order valence-electron chi connectivity index (χ2n) is 5.58. The van der Waals surface area contributed by atoms with Crippen LogP contribution in [0.4, 0.5) is 0 Å². The quantitative estimate of drug-likeness (QED) is 0.838. The third-order valence-electron chi connectivity index (χ3n) is 4.05. The van der Waals surface area contributed by atoms with Crippen LogP contribution in [0.2, 0.25) is 0 Å². The van der Waals surface area contributed by atoms with E-state index >= 15 is 0 Å². The van der Waals surface area contributed by atoms with Gasteiger partial charge in [0.05, 0.1) is 7.11 Å². The molecule has 0 aromatic heterocycles. The van der Waals surface area contributed by atoms with Gasteiger partial charge in [-0.05, 0) is 55.9 Å². The molecule has 4 heteroatoms. The fourth-order valence-corrected chi connectivity index (χ4v) is 2.76. The highest BCUT2D eigenvalue weighted by atomic mass is 16.5. The number of nitrogens with one attached hydrogen (secondary N) is 1. The lowest BCUT2D eigenvalue weighted by Gasteiger charge is -2.22. The second kappa shape index (κ2) is 7.81. The fourth-order valence-electron chi connectivity index (χ4n) is 2.76. The smallest absolute Gasteiger partial charge is 0.271 e. The van der Waals surface area contributed by atoms with Crippen LogP contribution in [0.1, 0.15) is 55.8 Å². The molecule has 1 saturated carbocycles. The summed E-state index contributed by atoms with van der Waals surface area (Å²) in [6, 6.07) is 7.04. The molecule has 1 amide bonds. The molecule has 0 spiro atoms. The van der Waals surface area contributed by atoms with Gasteiger partial charge in [0.25, 0.3) is 5.91 Å². The standard InChI is InChI=1S/C17H24N2O2/c1-3-4-13-5-9-15(10-6-13)18-19-17(20)14-7-11-16(21-2)12-8-14/h7-8,11-13H,3-6,9-10H2,1-2H3,(H,19,20). The molecule has 0 bridgehead atoms. The van der Waals surface area contributed by atoms with Crippen LogP contribution in [-0.4, -0.2) is 18.7 Å². The number of carbonyl (C=O) groups is 1. The summed E-state index contributed by atoms with van der Waals surface area (Å²) in [5.74, 6) is 1.42. The Morgan fingerprint density at radius 1 is 1.29 bits per heavy atom. The molecular weight excluding hydrogens is 264 g/mol. The SMILES string of the molecule is CCCC1CCC(=NNC(=O)c2ccc(OC)cc2)CC1. The average molecular weight is 288 g/mol. The maximum absolute atomic E-state index is 12.0. The van der Waals surface area contributed by atoms with Crippen molar-refractivity contribution in [1.82, 2.24) is 5.43 Å². The van der Waals surface area contributed by atoms with E-state index in [4.69, 9.17) is 4.74 Å². The van der Waals surface area contributed by atoms with Gasteiger partial charge in [-0.15, -0.1) is 0 Å².